The van der Waals surface area contributed by atoms with E-state index in [0.29, 0.717) is 6.42 Å². The van der Waals surface area contributed by atoms with Gasteiger partial charge in [0.15, 0.2) is 0 Å². The molecule has 2 unspecified atom stereocenters. The molecule has 2 amide bonds. The fraction of sp³-hybridized carbons (Fsp3) is 0.259. The summed E-state index contributed by atoms with van der Waals surface area (Å²) in [5.41, 5.74) is 4.01. The van der Waals surface area contributed by atoms with Crippen molar-refractivity contribution in [1.29, 1.82) is 0 Å². The number of methoxy groups -OCH3 is 1. The number of benzene rings is 3. The lowest BCUT2D eigenvalue weighted by Gasteiger charge is -2.22. The molecule has 0 aliphatic carbocycles. The Kier molecular flexibility index (Phi) is 8.03. The molecule has 5 heteroatoms. The van der Waals surface area contributed by atoms with E-state index in [0.717, 1.165) is 28.0 Å². The molecule has 166 valence electrons. The Hall–Kier alpha value is -3.60. The van der Waals surface area contributed by atoms with Crippen LogP contribution in [0.25, 0.3) is 0 Å². The van der Waals surface area contributed by atoms with E-state index >= 15 is 0 Å². The Labute approximate surface area is 189 Å². The normalized spacial score (nSPS) is 12.5. The highest BCUT2D eigenvalue weighted by Gasteiger charge is 2.23. The minimum absolute atomic E-state index is 0.164. The summed E-state index contributed by atoms with van der Waals surface area (Å²) >= 11 is 0. The van der Waals surface area contributed by atoms with Crippen LogP contribution in [-0.4, -0.2) is 25.0 Å². The first-order valence-electron chi connectivity index (χ1n) is 10.8. The van der Waals surface area contributed by atoms with Crippen LogP contribution in [0.2, 0.25) is 0 Å². The Morgan fingerprint density at radius 1 is 0.844 bits per heavy atom. The molecule has 0 fully saturated rings. The maximum atomic E-state index is 13.1. The van der Waals surface area contributed by atoms with Gasteiger partial charge >= 0.3 is 0 Å². The van der Waals surface area contributed by atoms with Gasteiger partial charge in [-0.1, -0.05) is 72.3 Å². The van der Waals surface area contributed by atoms with Gasteiger partial charge in [-0.2, -0.15) is 0 Å². The maximum Gasteiger partial charge on any atom is 0.243 e. The van der Waals surface area contributed by atoms with Crippen LogP contribution >= 0.6 is 0 Å². The molecule has 0 heterocycles. The molecular weight excluding hydrogens is 400 g/mol. The van der Waals surface area contributed by atoms with E-state index in [1.165, 1.54) is 0 Å². The monoisotopic (exact) mass is 430 g/mol. The summed E-state index contributed by atoms with van der Waals surface area (Å²) in [4.78, 5) is 25.9. The van der Waals surface area contributed by atoms with Gasteiger partial charge in [-0.3, -0.25) is 9.59 Å². The van der Waals surface area contributed by atoms with E-state index in [9.17, 15) is 9.59 Å². The van der Waals surface area contributed by atoms with Crippen LogP contribution in [0.15, 0.2) is 78.9 Å². The number of rotatable bonds is 9. The lowest BCUT2D eigenvalue weighted by molar-refractivity contribution is -0.129. The van der Waals surface area contributed by atoms with Gasteiger partial charge in [0.05, 0.1) is 19.6 Å². The standard InChI is InChI=1S/C27H30N2O3/c1-19-9-11-21(12-10-19)17-25(27(31)28-20(2)23-7-5-4-6-8-23)29-26(30)18-22-13-15-24(32-3)16-14-22/h4-16,20,25H,17-18H2,1-3H3,(H,28,31)(H,29,30). The van der Waals surface area contributed by atoms with Crippen LogP contribution in [0.5, 0.6) is 5.75 Å². The van der Waals surface area contributed by atoms with Crippen molar-refractivity contribution in [3.63, 3.8) is 0 Å². The second-order valence-corrected chi connectivity index (χ2v) is 7.98. The number of carbonyl (C=O) groups is 2. The SMILES string of the molecule is COc1ccc(CC(=O)NC(Cc2ccc(C)cc2)C(=O)NC(C)c2ccccc2)cc1. The van der Waals surface area contributed by atoms with Crippen LogP contribution in [-0.2, 0) is 22.4 Å². The van der Waals surface area contributed by atoms with Crippen LogP contribution in [0.1, 0.15) is 35.2 Å². The summed E-state index contributed by atoms with van der Waals surface area (Å²) in [5, 5.41) is 5.97. The Bertz CT molecular complexity index is 1020. The summed E-state index contributed by atoms with van der Waals surface area (Å²) in [6, 6.07) is 24.3. The zero-order valence-corrected chi connectivity index (χ0v) is 18.8. The highest BCUT2D eigenvalue weighted by molar-refractivity contribution is 5.88. The number of ether oxygens (including phenoxy) is 1. The zero-order valence-electron chi connectivity index (χ0n) is 18.8. The number of hydrogen-bond acceptors (Lipinski definition) is 3. The number of carbonyl (C=O) groups excluding carboxylic acids is 2. The second-order valence-electron chi connectivity index (χ2n) is 7.98. The molecule has 3 aromatic rings. The van der Waals surface area contributed by atoms with E-state index in [4.69, 9.17) is 4.74 Å². The lowest BCUT2D eigenvalue weighted by Crippen LogP contribution is -2.49. The summed E-state index contributed by atoms with van der Waals surface area (Å²) in [5.74, 6) is 0.334. The predicted molar refractivity (Wildman–Crippen MR) is 127 cm³/mol. The van der Waals surface area contributed by atoms with Crippen molar-refractivity contribution in [3.8, 4) is 5.75 Å². The van der Waals surface area contributed by atoms with E-state index in [1.807, 2.05) is 92.7 Å². The minimum Gasteiger partial charge on any atom is -0.497 e. The van der Waals surface area contributed by atoms with Crippen LogP contribution in [0.4, 0.5) is 0 Å². The molecule has 3 aromatic carbocycles. The number of nitrogens with one attached hydrogen (secondary N) is 2. The Balaban J connectivity index is 1.70. The molecule has 0 aliphatic heterocycles. The molecule has 3 rings (SSSR count). The molecule has 0 spiro atoms. The van der Waals surface area contributed by atoms with Crippen molar-refractivity contribution in [2.24, 2.45) is 0 Å². The van der Waals surface area contributed by atoms with E-state index < -0.39 is 6.04 Å². The largest absolute Gasteiger partial charge is 0.497 e. The molecule has 0 aromatic heterocycles. The highest BCUT2D eigenvalue weighted by Crippen LogP contribution is 2.14. The van der Waals surface area contributed by atoms with Crippen molar-refractivity contribution in [2.75, 3.05) is 7.11 Å². The van der Waals surface area contributed by atoms with Gasteiger partial charge in [0, 0.05) is 6.42 Å². The van der Waals surface area contributed by atoms with Crippen molar-refractivity contribution < 1.29 is 14.3 Å². The Morgan fingerprint density at radius 2 is 1.47 bits per heavy atom. The van der Waals surface area contributed by atoms with E-state index in [2.05, 4.69) is 10.6 Å². The summed E-state index contributed by atoms with van der Waals surface area (Å²) in [6.45, 7) is 3.96. The smallest absolute Gasteiger partial charge is 0.243 e. The molecule has 0 radical (unpaired) electrons. The van der Waals surface area contributed by atoms with E-state index in [1.54, 1.807) is 7.11 Å². The fourth-order valence-electron chi connectivity index (χ4n) is 3.48. The van der Waals surface area contributed by atoms with Crippen LogP contribution in [0.3, 0.4) is 0 Å². The summed E-state index contributed by atoms with van der Waals surface area (Å²) in [6.07, 6.45) is 0.609. The third kappa shape index (κ3) is 6.71. The molecule has 2 atom stereocenters. The van der Waals surface area contributed by atoms with Gasteiger partial charge < -0.3 is 15.4 Å². The molecule has 0 saturated carbocycles. The topological polar surface area (TPSA) is 67.4 Å². The van der Waals surface area contributed by atoms with Gasteiger partial charge in [0.2, 0.25) is 11.8 Å². The van der Waals surface area contributed by atoms with Gasteiger partial charge in [-0.05, 0) is 42.7 Å². The zero-order chi connectivity index (χ0) is 22.9. The average molecular weight is 431 g/mol. The van der Waals surface area contributed by atoms with Crippen LogP contribution in [0, 0.1) is 6.92 Å². The van der Waals surface area contributed by atoms with Crippen molar-refractivity contribution in [3.05, 3.63) is 101 Å². The third-order valence-corrected chi connectivity index (χ3v) is 5.39. The first-order chi connectivity index (χ1) is 15.4. The molecule has 0 saturated heterocycles. The number of aryl methyl sites for hydroxylation is 1. The quantitative estimate of drug-likeness (QED) is 0.536. The summed E-state index contributed by atoms with van der Waals surface area (Å²) < 4.78 is 5.16. The van der Waals surface area contributed by atoms with Gasteiger partial charge in [-0.15, -0.1) is 0 Å². The second kappa shape index (κ2) is 11.1. The summed E-state index contributed by atoms with van der Waals surface area (Å²) in [7, 11) is 1.60. The first-order valence-corrected chi connectivity index (χ1v) is 10.8. The van der Waals surface area contributed by atoms with Gasteiger partial charge in [-0.25, -0.2) is 0 Å². The van der Waals surface area contributed by atoms with Gasteiger partial charge in [0.1, 0.15) is 11.8 Å². The third-order valence-electron chi connectivity index (χ3n) is 5.39. The lowest BCUT2D eigenvalue weighted by atomic mass is 10.0. The molecule has 2 N–H and O–H groups in total. The average Bonchev–Trinajstić information content (AvgIpc) is 2.81. The molecule has 0 aliphatic rings. The Morgan fingerprint density at radius 3 is 2.09 bits per heavy atom. The fourth-order valence-corrected chi connectivity index (χ4v) is 3.48. The van der Waals surface area contributed by atoms with Crippen molar-refractivity contribution in [1.82, 2.24) is 10.6 Å². The van der Waals surface area contributed by atoms with Gasteiger partial charge in [0.25, 0.3) is 0 Å². The maximum absolute atomic E-state index is 13.1. The molecule has 5 nitrogen and oxygen atoms in total. The molecular formula is C27H30N2O3. The number of hydrogen-bond donors (Lipinski definition) is 2. The first kappa shape index (κ1) is 23.1. The van der Waals surface area contributed by atoms with Crippen molar-refractivity contribution >= 4 is 11.8 Å². The number of amides is 2. The van der Waals surface area contributed by atoms with E-state index in [-0.39, 0.29) is 24.3 Å². The van der Waals surface area contributed by atoms with Crippen molar-refractivity contribution in [2.45, 2.75) is 38.8 Å². The molecule has 32 heavy (non-hydrogen) atoms. The highest BCUT2D eigenvalue weighted by atomic mass is 16.5. The molecule has 0 bridgehead atoms. The predicted octanol–water partition coefficient (Wildman–Crippen LogP) is 4.15. The van der Waals surface area contributed by atoms with Crippen LogP contribution < -0.4 is 15.4 Å². The minimum atomic E-state index is -0.672.